The lowest BCUT2D eigenvalue weighted by atomic mass is 10.1. The minimum Gasteiger partial charge on any atom is -0.409 e. The Kier molecular flexibility index (Phi) is 4.48. The molecular formula is C15H16ClN3O. The smallest absolute Gasteiger partial charge is 0.170 e. The summed E-state index contributed by atoms with van der Waals surface area (Å²) in [6.07, 6.45) is 0. The highest BCUT2D eigenvalue weighted by atomic mass is 35.5. The Morgan fingerprint density at radius 1 is 1.25 bits per heavy atom. The molecule has 0 aliphatic heterocycles. The summed E-state index contributed by atoms with van der Waals surface area (Å²) < 4.78 is 0. The molecule has 0 aliphatic carbocycles. The van der Waals surface area contributed by atoms with E-state index in [-0.39, 0.29) is 5.84 Å². The molecule has 0 heterocycles. The lowest BCUT2D eigenvalue weighted by Gasteiger charge is -2.19. The number of oxime groups is 1. The average molecular weight is 290 g/mol. The zero-order chi connectivity index (χ0) is 14.5. The molecule has 0 spiro atoms. The van der Waals surface area contributed by atoms with Gasteiger partial charge in [0.05, 0.1) is 0 Å². The summed E-state index contributed by atoms with van der Waals surface area (Å²) in [4.78, 5) is 2.10. The molecule has 20 heavy (non-hydrogen) atoms. The normalized spacial score (nSPS) is 11.4. The Labute approximate surface area is 123 Å². The molecule has 0 aromatic heterocycles. The first kappa shape index (κ1) is 14.2. The molecule has 2 rings (SSSR count). The van der Waals surface area contributed by atoms with Crippen LogP contribution >= 0.6 is 11.6 Å². The topological polar surface area (TPSA) is 61.8 Å². The minimum atomic E-state index is 0.106. The molecule has 0 fully saturated rings. The molecule has 0 atom stereocenters. The van der Waals surface area contributed by atoms with Crippen molar-refractivity contribution < 1.29 is 5.21 Å². The highest BCUT2D eigenvalue weighted by molar-refractivity contribution is 6.30. The van der Waals surface area contributed by atoms with Gasteiger partial charge in [-0.25, -0.2) is 0 Å². The van der Waals surface area contributed by atoms with Gasteiger partial charge < -0.3 is 15.8 Å². The van der Waals surface area contributed by atoms with Crippen molar-refractivity contribution in [3.63, 3.8) is 0 Å². The molecule has 0 radical (unpaired) electrons. The molecule has 104 valence electrons. The SMILES string of the molecule is CN(Cc1cccc(Cl)c1)c1ccc(C(N)=NO)cc1. The maximum Gasteiger partial charge on any atom is 0.170 e. The van der Waals surface area contributed by atoms with Gasteiger partial charge in [-0.3, -0.25) is 0 Å². The number of rotatable bonds is 4. The monoisotopic (exact) mass is 289 g/mol. The Bertz CT molecular complexity index is 611. The van der Waals surface area contributed by atoms with Crippen molar-refractivity contribution >= 4 is 23.1 Å². The number of nitrogens with zero attached hydrogens (tertiary/aromatic N) is 2. The molecule has 0 amide bonds. The predicted octanol–water partition coefficient (Wildman–Crippen LogP) is 3.07. The second-order valence-corrected chi connectivity index (χ2v) is 4.95. The third kappa shape index (κ3) is 3.42. The largest absolute Gasteiger partial charge is 0.409 e. The number of halogens is 1. The zero-order valence-electron chi connectivity index (χ0n) is 11.1. The Morgan fingerprint density at radius 2 is 1.95 bits per heavy atom. The van der Waals surface area contributed by atoms with Gasteiger partial charge in [0.1, 0.15) is 0 Å². The number of benzene rings is 2. The highest BCUT2D eigenvalue weighted by Gasteiger charge is 2.04. The van der Waals surface area contributed by atoms with E-state index in [1.807, 2.05) is 55.6 Å². The quantitative estimate of drug-likeness (QED) is 0.393. The summed E-state index contributed by atoms with van der Waals surface area (Å²) >= 11 is 5.98. The summed E-state index contributed by atoms with van der Waals surface area (Å²) in [6, 6.07) is 15.3. The van der Waals surface area contributed by atoms with Crippen LogP contribution in [0.25, 0.3) is 0 Å². The van der Waals surface area contributed by atoms with Crippen molar-refractivity contribution in [3.8, 4) is 0 Å². The Balaban J connectivity index is 2.11. The fourth-order valence-corrected chi connectivity index (χ4v) is 2.16. The second-order valence-electron chi connectivity index (χ2n) is 4.52. The lowest BCUT2D eigenvalue weighted by molar-refractivity contribution is 0.318. The van der Waals surface area contributed by atoms with E-state index in [2.05, 4.69) is 10.1 Å². The lowest BCUT2D eigenvalue weighted by Crippen LogP contribution is -2.17. The van der Waals surface area contributed by atoms with Gasteiger partial charge in [0.25, 0.3) is 0 Å². The first-order chi connectivity index (χ1) is 9.60. The summed E-state index contributed by atoms with van der Waals surface area (Å²) in [5.74, 6) is 0.106. The molecule has 3 N–H and O–H groups in total. The van der Waals surface area contributed by atoms with Gasteiger partial charge in [0.2, 0.25) is 0 Å². The third-order valence-electron chi connectivity index (χ3n) is 3.02. The summed E-state index contributed by atoms with van der Waals surface area (Å²) in [5.41, 5.74) is 8.40. The number of amidine groups is 1. The van der Waals surface area contributed by atoms with E-state index in [4.69, 9.17) is 22.5 Å². The second kappa shape index (κ2) is 6.30. The number of hydrogen-bond acceptors (Lipinski definition) is 3. The van der Waals surface area contributed by atoms with Crippen LogP contribution in [0.15, 0.2) is 53.7 Å². The standard InChI is InChI=1S/C15H16ClN3O/c1-19(10-11-3-2-4-13(16)9-11)14-7-5-12(6-8-14)15(17)18-20/h2-9,20H,10H2,1H3,(H2,17,18). The first-order valence-corrected chi connectivity index (χ1v) is 6.51. The van der Waals surface area contributed by atoms with E-state index in [9.17, 15) is 0 Å². The fraction of sp³-hybridized carbons (Fsp3) is 0.133. The van der Waals surface area contributed by atoms with Crippen molar-refractivity contribution in [3.05, 3.63) is 64.7 Å². The van der Waals surface area contributed by atoms with Crippen LogP contribution in [0.5, 0.6) is 0 Å². The average Bonchev–Trinajstić information content (AvgIpc) is 2.46. The van der Waals surface area contributed by atoms with E-state index >= 15 is 0 Å². The van der Waals surface area contributed by atoms with Crippen molar-refractivity contribution in [2.75, 3.05) is 11.9 Å². The van der Waals surface area contributed by atoms with E-state index < -0.39 is 0 Å². The van der Waals surface area contributed by atoms with Crippen LogP contribution in [-0.2, 0) is 6.54 Å². The van der Waals surface area contributed by atoms with Crippen LogP contribution in [0.1, 0.15) is 11.1 Å². The zero-order valence-corrected chi connectivity index (χ0v) is 11.9. The van der Waals surface area contributed by atoms with E-state index in [1.165, 1.54) is 0 Å². The van der Waals surface area contributed by atoms with Crippen LogP contribution in [0.2, 0.25) is 5.02 Å². The predicted molar refractivity (Wildman–Crippen MR) is 82.5 cm³/mol. The maximum atomic E-state index is 8.63. The number of hydrogen-bond donors (Lipinski definition) is 2. The van der Waals surface area contributed by atoms with Crippen LogP contribution in [0.3, 0.4) is 0 Å². The van der Waals surface area contributed by atoms with Gasteiger partial charge in [-0.1, -0.05) is 28.9 Å². The van der Waals surface area contributed by atoms with Crippen molar-refractivity contribution in [2.45, 2.75) is 6.54 Å². The fourth-order valence-electron chi connectivity index (χ4n) is 1.94. The van der Waals surface area contributed by atoms with Crippen molar-refractivity contribution in [1.82, 2.24) is 0 Å². The summed E-state index contributed by atoms with van der Waals surface area (Å²) in [5, 5.41) is 12.3. The summed E-state index contributed by atoms with van der Waals surface area (Å²) in [7, 11) is 2.00. The van der Waals surface area contributed by atoms with E-state index in [1.54, 1.807) is 0 Å². The van der Waals surface area contributed by atoms with Crippen molar-refractivity contribution in [1.29, 1.82) is 0 Å². The Hall–Kier alpha value is -2.20. The molecule has 0 saturated heterocycles. The molecule has 0 bridgehead atoms. The number of nitrogens with two attached hydrogens (primary N) is 1. The van der Waals surface area contributed by atoms with Gasteiger partial charge in [-0.05, 0) is 42.0 Å². The van der Waals surface area contributed by atoms with E-state index in [0.29, 0.717) is 5.56 Å². The molecule has 5 heteroatoms. The molecular weight excluding hydrogens is 274 g/mol. The van der Waals surface area contributed by atoms with Gasteiger partial charge in [-0.15, -0.1) is 0 Å². The van der Waals surface area contributed by atoms with Crippen LogP contribution < -0.4 is 10.6 Å². The third-order valence-corrected chi connectivity index (χ3v) is 3.26. The molecule has 2 aromatic rings. The maximum absolute atomic E-state index is 8.63. The van der Waals surface area contributed by atoms with Gasteiger partial charge in [0, 0.05) is 29.9 Å². The molecule has 0 unspecified atom stereocenters. The Morgan fingerprint density at radius 3 is 2.55 bits per heavy atom. The molecule has 4 nitrogen and oxygen atoms in total. The molecule has 2 aromatic carbocycles. The highest BCUT2D eigenvalue weighted by Crippen LogP contribution is 2.18. The van der Waals surface area contributed by atoms with E-state index in [0.717, 1.165) is 22.8 Å². The van der Waals surface area contributed by atoms with Crippen LogP contribution in [0, 0.1) is 0 Å². The first-order valence-electron chi connectivity index (χ1n) is 6.13. The van der Waals surface area contributed by atoms with Gasteiger partial charge >= 0.3 is 0 Å². The van der Waals surface area contributed by atoms with Crippen LogP contribution in [-0.4, -0.2) is 18.1 Å². The van der Waals surface area contributed by atoms with Crippen molar-refractivity contribution in [2.24, 2.45) is 10.9 Å². The minimum absolute atomic E-state index is 0.106. The van der Waals surface area contributed by atoms with Gasteiger partial charge in [0.15, 0.2) is 5.84 Å². The molecule has 0 aliphatic rings. The van der Waals surface area contributed by atoms with Crippen LogP contribution in [0.4, 0.5) is 5.69 Å². The van der Waals surface area contributed by atoms with Gasteiger partial charge in [-0.2, -0.15) is 0 Å². The number of anilines is 1. The summed E-state index contributed by atoms with van der Waals surface area (Å²) in [6.45, 7) is 0.753. The molecule has 0 saturated carbocycles.